The second kappa shape index (κ2) is 8.52. The fourth-order valence-corrected chi connectivity index (χ4v) is 2.77. The van der Waals surface area contributed by atoms with E-state index in [0.717, 1.165) is 18.5 Å². The fourth-order valence-electron chi connectivity index (χ4n) is 2.77. The molecule has 1 aromatic carbocycles. The molecular weight excluding hydrogens is 403 g/mol. The van der Waals surface area contributed by atoms with E-state index < -0.39 is 5.41 Å². The van der Waals surface area contributed by atoms with Crippen LogP contribution >= 0.6 is 24.0 Å². The van der Waals surface area contributed by atoms with Crippen molar-refractivity contribution in [1.29, 1.82) is 0 Å². The van der Waals surface area contributed by atoms with Crippen LogP contribution in [-0.2, 0) is 17.6 Å². The van der Waals surface area contributed by atoms with Gasteiger partial charge >= 0.3 is 0 Å². The normalized spacial score (nSPS) is 14.5. The Kier molecular flexibility index (Phi) is 7.31. The Hall–Kier alpha value is -1.31. The van der Waals surface area contributed by atoms with Crippen LogP contribution in [0.5, 0.6) is 0 Å². The summed E-state index contributed by atoms with van der Waals surface area (Å²) in [7, 11) is 1.63. The van der Waals surface area contributed by atoms with E-state index in [1.165, 1.54) is 24.0 Å². The molecule has 0 heterocycles. The summed E-state index contributed by atoms with van der Waals surface area (Å²) in [4.78, 5) is 16.1. The van der Waals surface area contributed by atoms with Gasteiger partial charge in [0.05, 0.1) is 12.0 Å². The molecular formula is C17H27IN4O. The lowest BCUT2D eigenvalue weighted by Gasteiger charge is -2.21. The van der Waals surface area contributed by atoms with Crippen LogP contribution in [0.4, 0.5) is 5.69 Å². The highest BCUT2D eigenvalue weighted by Crippen LogP contribution is 2.27. The second-order valence-corrected chi connectivity index (χ2v) is 6.44. The van der Waals surface area contributed by atoms with Crippen molar-refractivity contribution in [2.75, 3.05) is 18.9 Å². The van der Waals surface area contributed by atoms with Gasteiger partial charge < -0.3 is 16.4 Å². The Morgan fingerprint density at radius 2 is 2.00 bits per heavy atom. The van der Waals surface area contributed by atoms with Crippen molar-refractivity contribution in [3.63, 3.8) is 0 Å². The Morgan fingerprint density at radius 1 is 1.30 bits per heavy atom. The Balaban J connectivity index is 0.00000264. The smallest absolute Gasteiger partial charge is 0.227 e. The number of nitrogens with two attached hydrogens (primary N) is 1. The molecule has 0 atom stereocenters. The van der Waals surface area contributed by atoms with Crippen LogP contribution in [0.1, 0.15) is 37.8 Å². The van der Waals surface area contributed by atoms with Gasteiger partial charge in [-0.2, -0.15) is 0 Å². The summed E-state index contributed by atoms with van der Waals surface area (Å²) < 4.78 is 0. The summed E-state index contributed by atoms with van der Waals surface area (Å²) in [6, 6.07) is 6.27. The molecule has 0 bridgehead atoms. The predicted molar refractivity (Wildman–Crippen MR) is 106 cm³/mol. The van der Waals surface area contributed by atoms with Gasteiger partial charge in [0.2, 0.25) is 5.91 Å². The highest BCUT2D eigenvalue weighted by Gasteiger charge is 2.26. The molecule has 0 radical (unpaired) electrons. The molecule has 0 aromatic heterocycles. The summed E-state index contributed by atoms with van der Waals surface area (Å²) in [5.74, 6) is 0.317. The third kappa shape index (κ3) is 5.09. The number of hydrogen-bond acceptors (Lipinski definition) is 2. The van der Waals surface area contributed by atoms with Crippen LogP contribution in [0.2, 0.25) is 0 Å². The zero-order valence-corrected chi connectivity index (χ0v) is 16.4. The predicted octanol–water partition coefficient (Wildman–Crippen LogP) is 2.68. The lowest BCUT2D eigenvalue weighted by atomic mass is 9.90. The number of fused-ring (bicyclic) bond motifs is 1. The minimum absolute atomic E-state index is 0. The Morgan fingerprint density at radius 3 is 2.70 bits per heavy atom. The number of hydrogen-bond donors (Lipinski definition) is 3. The van der Waals surface area contributed by atoms with Crippen LogP contribution in [0.3, 0.4) is 0 Å². The zero-order valence-electron chi connectivity index (χ0n) is 14.1. The fraction of sp³-hybridized carbons (Fsp3) is 0.529. The van der Waals surface area contributed by atoms with Crippen molar-refractivity contribution < 1.29 is 4.79 Å². The van der Waals surface area contributed by atoms with E-state index in [1.807, 2.05) is 26.0 Å². The van der Waals surface area contributed by atoms with Crippen LogP contribution in [-0.4, -0.2) is 25.5 Å². The first-order chi connectivity index (χ1) is 10.4. The summed E-state index contributed by atoms with van der Waals surface area (Å²) in [6.45, 7) is 4.06. The maximum atomic E-state index is 11.8. The first kappa shape index (κ1) is 19.7. The number of nitrogens with zero attached hydrogens (tertiary/aromatic N) is 1. The number of halogens is 1. The standard InChI is InChI=1S/C17H26N4O.HI/c1-17(2,15(22)19-3)11-20-16(18)21-14-10-6-8-12-7-4-5-9-13(12)14;/h6,8,10H,4-5,7,9,11H2,1-3H3,(H,19,22)(H3,18,20,21);1H. The number of benzene rings is 1. The van der Waals surface area contributed by atoms with E-state index >= 15 is 0 Å². The third-order valence-electron chi connectivity index (χ3n) is 4.15. The van der Waals surface area contributed by atoms with Crippen molar-refractivity contribution >= 4 is 41.5 Å². The molecule has 0 saturated carbocycles. The molecule has 5 nitrogen and oxygen atoms in total. The number of guanidine groups is 1. The monoisotopic (exact) mass is 430 g/mol. The molecule has 1 aliphatic rings. The van der Waals surface area contributed by atoms with Gasteiger partial charge in [-0.25, -0.2) is 0 Å². The van der Waals surface area contributed by atoms with Crippen molar-refractivity contribution in [3.8, 4) is 0 Å². The molecule has 1 aromatic rings. The average Bonchev–Trinajstić information content (AvgIpc) is 2.52. The van der Waals surface area contributed by atoms with E-state index in [9.17, 15) is 4.79 Å². The zero-order chi connectivity index (χ0) is 16.2. The van der Waals surface area contributed by atoms with E-state index in [2.05, 4.69) is 21.7 Å². The molecule has 1 aliphatic carbocycles. The van der Waals surface area contributed by atoms with Crippen molar-refractivity contribution in [1.82, 2.24) is 5.32 Å². The lowest BCUT2D eigenvalue weighted by Crippen LogP contribution is -2.37. The Bertz CT molecular complexity index is 584. The van der Waals surface area contributed by atoms with Crippen LogP contribution in [0, 0.1) is 5.41 Å². The average molecular weight is 430 g/mol. The van der Waals surface area contributed by atoms with Crippen molar-refractivity contribution in [3.05, 3.63) is 29.3 Å². The number of rotatable bonds is 4. The molecule has 1 amide bonds. The minimum atomic E-state index is -0.572. The highest BCUT2D eigenvalue weighted by molar-refractivity contribution is 14.0. The minimum Gasteiger partial charge on any atom is -0.370 e. The highest BCUT2D eigenvalue weighted by atomic mass is 127. The van der Waals surface area contributed by atoms with E-state index in [0.29, 0.717) is 12.5 Å². The maximum absolute atomic E-state index is 11.8. The SMILES string of the molecule is CNC(=O)C(C)(C)CN=C(N)Nc1cccc2c1CCCC2.I. The number of aliphatic imine (C=N–C) groups is 1. The molecule has 23 heavy (non-hydrogen) atoms. The quantitative estimate of drug-likeness (QED) is 0.391. The number of amides is 1. The van der Waals surface area contributed by atoms with Gasteiger partial charge in [0, 0.05) is 12.7 Å². The molecule has 0 aliphatic heterocycles. The number of aryl methyl sites for hydroxylation is 1. The third-order valence-corrected chi connectivity index (χ3v) is 4.15. The van der Waals surface area contributed by atoms with Gasteiger partial charge in [-0.3, -0.25) is 9.79 Å². The molecule has 0 spiro atoms. The van der Waals surface area contributed by atoms with E-state index in [-0.39, 0.29) is 29.9 Å². The van der Waals surface area contributed by atoms with Crippen LogP contribution in [0.15, 0.2) is 23.2 Å². The number of nitrogens with one attached hydrogen (secondary N) is 2. The van der Waals surface area contributed by atoms with Crippen LogP contribution in [0.25, 0.3) is 0 Å². The molecule has 4 N–H and O–H groups in total. The maximum Gasteiger partial charge on any atom is 0.227 e. The number of carbonyl (C=O) groups excluding carboxylic acids is 1. The van der Waals surface area contributed by atoms with E-state index in [4.69, 9.17) is 5.73 Å². The molecule has 0 saturated heterocycles. The lowest BCUT2D eigenvalue weighted by molar-refractivity contribution is -0.128. The summed E-state index contributed by atoms with van der Waals surface area (Å²) >= 11 is 0. The van der Waals surface area contributed by atoms with E-state index in [1.54, 1.807) is 7.05 Å². The largest absolute Gasteiger partial charge is 0.370 e. The summed E-state index contributed by atoms with van der Waals surface area (Å²) in [6.07, 6.45) is 4.67. The van der Waals surface area contributed by atoms with Gasteiger partial charge in [-0.1, -0.05) is 12.1 Å². The molecule has 128 valence electrons. The molecule has 0 fully saturated rings. The van der Waals surface area contributed by atoms with Crippen LogP contribution < -0.4 is 16.4 Å². The molecule has 0 unspecified atom stereocenters. The number of carbonyl (C=O) groups is 1. The van der Waals surface area contributed by atoms with Crippen molar-refractivity contribution in [2.45, 2.75) is 39.5 Å². The van der Waals surface area contributed by atoms with Gasteiger partial charge in [-0.15, -0.1) is 24.0 Å². The summed E-state index contributed by atoms with van der Waals surface area (Å²) in [5.41, 5.74) is 9.20. The topological polar surface area (TPSA) is 79.5 Å². The van der Waals surface area contributed by atoms with Gasteiger partial charge in [0.25, 0.3) is 0 Å². The molecule has 6 heteroatoms. The van der Waals surface area contributed by atoms with Crippen molar-refractivity contribution in [2.24, 2.45) is 16.1 Å². The van der Waals surface area contributed by atoms with Gasteiger partial charge in [-0.05, 0) is 56.7 Å². The summed E-state index contributed by atoms with van der Waals surface area (Å²) in [5, 5.41) is 5.85. The number of anilines is 1. The first-order valence-corrected chi connectivity index (χ1v) is 7.84. The van der Waals surface area contributed by atoms with Gasteiger partial charge in [0.15, 0.2) is 5.96 Å². The Labute approximate surface area is 155 Å². The van der Waals surface area contributed by atoms with Gasteiger partial charge in [0.1, 0.15) is 0 Å². The second-order valence-electron chi connectivity index (χ2n) is 6.44. The molecule has 2 rings (SSSR count). The first-order valence-electron chi connectivity index (χ1n) is 7.84.